The number of nitrogens with zero attached hydrogens (tertiary/aromatic N) is 1. The third-order valence-corrected chi connectivity index (χ3v) is 6.92. The first-order chi connectivity index (χ1) is 10.3. The minimum Gasteiger partial charge on any atom is -0.378 e. The summed E-state index contributed by atoms with van der Waals surface area (Å²) in [5.74, 6) is 0.642. The van der Waals surface area contributed by atoms with Crippen molar-refractivity contribution < 1.29 is 13.2 Å². The zero-order chi connectivity index (χ0) is 16.3. The van der Waals surface area contributed by atoms with Gasteiger partial charge in [0.15, 0.2) is 9.84 Å². The van der Waals surface area contributed by atoms with E-state index in [9.17, 15) is 13.2 Å². The number of hydrogen-bond acceptors (Lipinski definition) is 5. The van der Waals surface area contributed by atoms with Gasteiger partial charge >= 0.3 is 0 Å². The number of carbonyl (C=O) groups is 1. The first-order valence-corrected chi connectivity index (χ1v) is 10.0. The van der Waals surface area contributed by atoms with Crippen LogP contribution in [0, 0.1) is 6.92 Å². The highest BCUT2D eigenvalue weighted by Gasteiger charge is 2.28. The Morgan fingerprint density at radius 2 is 2.14 bits per heavy atom. The lowest BCUT2D eigenvalue weighted by molar-refractivity contribution is -0.113. The van der Waals surface area contributed by atoms with Crippen molar-refractivity contribution in [1.82, 2.24) is 0 Å². The maximum atomic E-state index is 12.0. The molecule has 1 atom stereocenters. The van der Waals surface area contributed by atoms with Gasteiger partial charge in [-0.25, -0.2) is 8.42 Å². The van der Waals surface area contributed by atoms with Crippen LogP contribution in [0.2, 0.25) is 0 Å². The van der Waals surface area contributed by atoms with Crippen LogP contribution in [0.25, 0.3) is 0 Å². The number of aryl methyl sites for hydroxylation is 1. The van der Waals surface area contributed by atoms with E-state index >= 15 is 0 Å². The second-order valence-electron chi connectivity index (χ2n) is 5.78. The average Bonchev–Trinajstić information content (AvgIpc) is 2.78. The normalized spacial score (nSPS) is 19.9. The van der Waals surface area contributed by atoms with E-state index < -0.39 is 9.84 Å². The molecule has 22 heavy (non-hydrogen) atoms. The van der Waals surface area contributed by atoms with Crippen LogP contribution in [0.1, 0.15) is 12.0 Å². The van der Waals surface area contributed by atoms with E-state index in [1.165, 1.54) is 11.8 Å². The summed E-state index contributed by atoms with van der Waals surface area (Å²) in [5, 5.41) is 2.94. The highest BCUT2D eigenvalue weighted by molar-refractivity contribution is 8.02. The maximum absolute atomic E-state index is 12.0. The second-order valence-corrected chi connectivity index (χ2v) is 9.30. The topological polar surface area (TPSA) is 66.5 Å². The van der Waals surface area contributed by atoms with Gasteiger partial charge in [-0.15, -0.1) is 11.8 Å². The molecule has 0 spiro atoms. The van der Waals surface area contributed by atoms with Crippen LogP contribution in [0.3, 0.4) is 0 Å². The smallest absolute Gasteiger partial charge is 0.234 e. The van der Waals surface area contributed by atoms with Gasteiger partial charge in [-0.1, -0.05) is 0 Å². The third-order valence-electron chi connectivity index (χ3n) is 3.64. The predicted octanol–water partition coefficient (Wildman–Crippen LogP) is 1.92. The van der Waals surface area contributed by atoms with Gasteiger partial charge in [-0.3, -0.25) is 4.79 Å². The van der Waals surface area contributed by atoms with Gasteiger partial charge < -0.3 is 10.2 Å². The molecule has 2 rings (SSSR count). The molecular weight excluding hydrogens is 320 g/mol. The minimum absolute atomic E-state index is 0.0490. The molecule has 1 N–H and O–H groups in total. The Kier molecular flexibility index (Phi) is 5.39. The number of amides is 1. The summed E-state index contributed by atoms with van der Waals surface area (Å²) in [4.78, 5) is 14.0. The molecule has 0 aliphatic carbocycles. The summed E-state index contributed by atoms with van der Waals surface area (Å²) in [6.45, 7) is 1.96. The molecule has 1 aliphatic rings. The first-order valence-electron chi connectivity index (χ1n) is 7.17. The number of nitrogens with one attached hydrogen (secondary N) is 1. The van der Waals surface area contributed by atoms with E-state index in [1.54, 1.807) is 0 Å². The molecule has 1 aromatic carbocycles. The van der Waals surface area contributed by atoms with Gasteiger partial charge in [0.05, 0.1) is 17.3 Å². The van der Waals surface area contributed by atoms with Crippen LogP contribution in [0.5, 0.6) is 0 Å². The Hall–Kier alpha value is -1.21. The van der Waals surface area contributed by atoms with Crippen molar-refractivity contribution in [2.24, 2.45) is 0 Å². The standard InChI is InChI=1S/C15H22N2O3S2/c1-11-8-12(17(2)3)4-5-14(11)16-15(18)9-21-13-6-7-22(19,20)10-13/h4-5,8,13H,6-7,9-10H2,1-3H3,(H,16,18)/t13-/m1/s1. The van der Waals surface area contributed by atoms with E-state index in [4.69, 9.17) is 0 Å². The van der Waals surface area contributed by atoms with Crippen LogP contribution < -0.4 is 10.2 Å². The fraction of sp³-hybridized carbons (Fsp3) is 0.533. The van der Waals surface area contributed by atoms with Gasteiger partial charge in [0, 0.05) is 30.7 Å². The van der Waals surface area contributed by atoms with Crippen molar-refractivity contribution in [2.45, 2.75) is 18.6 Å². The number of hydrogen-bond donors (Lipinski definition) is 1. The first kappa shape index (κ1) is 17.1. The fourth-order valence-corrected chi connectivity index (χ4v) is 5.78. The second kappa shape index (κ2) is 6.91. The SMILES string of the molecule is Cc1cc(N(C)C)ccc1NC(=O)CS[C@@H]1CCS(=O)(=O)C1. The molecule has 5 nitrogen and oxygen atoms in total. The Bertz CT molecular complexity index is 657. The van der Waals surface area contributed by atoms with Crippen LogP contribution in [-0.2, 0) is 14.6 Å². The molecule has 1 aliphatic heterocycles. The molecular formula is C15H22N2O3S2. The lowest BCUT2D eigenvalue weighted by Gasteiger charge is -2.15. The van der Waals surface area contributed by atoms with Crippen molar-refractivity contribution >= 4 is 38.9 Å². The number of carbonyl (C=O) groups excluding carboxylic acids is 1. The lowest BCUT2D eigenvalue weighted by Crippen LogP contribution is -2.18. The van der Waals surface area contributed by atoms with Crippen LogP contribution in [0.4, 0.5) is 11.4 Å². The zero-order valence-corrected chi connectivity index (χ0v) is 14.8. The Morgan fingerprint density at radius 1 is 1.41 bits per heavy atom. The number of thioether (sulfide) groups is 1. The Labute approximate surface area is 136 Å². The van der Waals surface area contributed by atoms with E-state index in [0.717, 1.165) is 16.9 Å². The van der Waals surface area contributed by atoms with Crippen molar-refractivity contribution in [1.29, 1.82) is 0 Å². The molecule has 1 aromatic rings. The molecule has 1 fully saturated rings. The minimum atomic E-state index is -2.88. The summed E-state index contributed by atoms with van der Waals surface area (Å²) >= 11 is 1.43. The molecule has 0 saturated carbocycles. The van der Waals surface area contributed by atoms with E-state index in [-0.39, 0.29) is 28.4 Å². The van der Waals surface area contributed by atoms with Gasteiger partial charge in [-0.2, -0.15) is 0 Å². The van der Waals surface area contributed by atoms with Crippen molar-refractivity contribution in [3.8, 4) is 0 Å². The Balaban J connectivity index is 1.87. The number of benzene rings is 1. The van der Waals surface area contributed by atoms with Gasteiger partial charge in [-0.05, 0) is 37.1 Å². The molecule has 7 heteroatoms. The van der Waals surface area contributed by atoms with Crippen molar-refractivity contribution in [3.63, 3.8) is 0 Å². The predicted molar refractivity (Wildman–Crippen MR) is 93.7 cm³/mol. The van der Waals surface area contributed by atoms with Crippen LogP contribution >= 0.6 is 11.8 Å². The van der Waals surface area contributed by atoms with Crippen LogP contribution in [0.15, 0.2) is 18.2 Å². The van der Waals surface area contributed by atoms with E-state index in [2.05, 4.69) is 5.32 Å². The summed E-state index contributed by atoms with van der Waals surface area (Å²) in [5.41, 5.74) is 2.89. The van der Waals surface area contributed by atoms with Gasteiger partial charge in [0.2, 0.25) is 5.91 Å². The van der Waals surface area contributed by atoms with E-state index in [1.807, 2.05) is 44.1 Å². The molecule has 1 saturated heterocycles. The summed E-state index contributed by atoms with van der Waals surface area (Å²) in [6.07, 6.45) is 0.650. The molecule has 0 aromatic heterocycles. The summed E-state index contributed by atoms with van der Waals surface area (Å²) in [6, 6.07) is 5.87. The van der Waals surface area contributed by atoms with Gasteiger partial charge in [0.1, 0.15) is 0 Å². The highest BCUT2D eigenvalue weighted by atomic mass is 32.2. The number of anilines is 2. The molecule has 1 heterocycles. The fourth-order valence-electron chi connectivity index (χ4n) is 2.34. The Morgan fingerprint density at radius 3 is 2.68 bits per heavy atom. The third kappa shape index (κ3) is 4.64. The maximum Gasteiger partial charge on any atom is 0.234 e. The lowest BCUT2D eigenvalue weighted by atomic mass is 10.1. The quantitative estimate of drug-likeness (QED) is 0.885. The van der Waals surface area contributed by atoms with Crippen molar-refractivity contribution in [2.75, 3.05) is 41.6 Å². The van der Waals surface area contributed by atoms with Crippen LogP contribution in [-0.4, -0.2) is 50.9 Å². The number of rotatable bonds is 5. The van der Waals surface area contributed by atoms with E-state index in [0.29, 0.717) is 6.42 Å². The average molecular weight is 342 g/mol. The molecule has 0 bridgehead atoms. The molecule has 1 amide bonds. The molecule has 0 radical (unpaired) electrons. The summed E-state index contributed by atoms with van der Waals surface area (Å²) < 4.78 is 22.8. The molecule has 122 valence electrons. The largest absolute Gasteiger partial charge is 0.378 e. The van der Waals surface area contributed by atoms with Crippen molar-refractivity contribution in [3.05, 3.63) is 23.8 Å². The molecule has 0 unspecified atom stereocenters. The monoisotopic (exact) mass is 342 g/mol. The number of sulfone groups is 1. The highest BCUT2D eigenvalue weighted by Crippen LogP contribution is 2.25. The summed E-state index contributed by atoms with van der Waals surface area (Å²) in [7, 11) is 1.06. The van der Waals surface area contributed by atoms with Gasteiger partial charge in [0.25, 0.3) is 0 Å². The zero-order valence-electron chi connectivity index (χ0n) is 13.1.